The highest BCUT2D eigenvalue weighted by molar-refractivity contribution is 5.93. The SMILES string of the molecule is CC(CO)CCCNc1cc(C(=O)O)c([N+](=O)[O-])cc1F. The van der Waals surface area contributed by atoms with Gasteiger partial charge in [0.05, 0.1) is 16.7 Å². The van der Waals surface area contributed by atoms with Crippen LogP contribution in [-0.4, -0.2) is 34.3 Å². The molecule has 7 nitrogen and oxygen atoms in total. The van der Waals surface area contributed by atoms with E-state index in [0.29, 0.717) is 19.0 Å². The minimum Gasteiger partial charge on any atom is -0.477 e. The molecule has 8 heteroatoms. The minimum absolute atomic E-state index is 0.0645. The maximum absolute atomic E-state index is 13.7. The highest BCUT2D eigenvalue weighted by Gasteiger charge is 2.23. The number of hydrogen-bond acceptors (Lipinski definition) is 5. The first kappa shape index (κ1) is 16.8. The lowest BCUT2D eigenvalue weighted by Gasteiger charge is -2.10. The molecular weight excluding hydrogens is 283 g/mol. The van der Waals surface area contributed by atoms with Gasteiger partial charge in [-0.1, -0.05) is 6.92 Å². The molecule has 0 spiro atoms. The molecule has 0 aromatic heterocycles. The Morgan fingerprint density at radius 2 is 2.19 bits per heavy atom. The minimum atomic E-state index is -1.49. The first-order valence-electron chi connectivity index (χ1n) is 6.42. The lowest BCUT2D eigenvalue weighted by Crippen LogP contribution is -2.10. The van der Waals surface area contributed by atoms with Gasteiger partial charge in [-0.25, -0.2) is 9.18 Å². The highest BCUT2D eigenvalue weighted by Crippen LogP contribution is 2.26. The fourth-order valence-corrected chi connectivity index (χ4v) is 1.79. The molecule has 3 N–H and O–H groups in total. The number of nitrogens with one attached hydrogen (secondary N) is 1. The average molecular weight is 300 g/mol. The molecule has 0 aliphatic rings. The number of carboxylic acid groups (broad SMARTS) is 1. The van der Waals surface area contributed by atoms with Crippen LogP contribution in [0.2, 0.25) is 0 Å². The Bertz CT molecular complexity index is 536. The van der Waals surface area contributed by atoms with Crippen molar-refractivity contribution in [2.45, 2.75) is 19.8 Å². The molecule has 0 aliphatic carbocycles. The number of aromatic carboxylic acids is 1. The quantitative estimate of drug-likeness (QED) is 0.385. The average Bonchev–Trinajstić information content (AvgIpc) is 2.43. The molecule has 1 aromatic carbocycles. The van der Waals surface area contributed by atoms with Crippen LogP contribution < -0.4 is 5.32 Å². The van der Waals surface area contributed by atoms with Crippen molar-refractivity contribution in [2.24, 2.45) is 5.92 Å². The van der Waals surface area contributed by atoms with Crippen LogP contribution >= 0.6 is 0 Å². The van der Waals surface area contributed by atoms with E-state index in [1.165, 1.54) is 0 Å². The van der Waals surface area contributed by atoms with Crippen LogP contribution in [0.25, 0.3) is 0 Å². The Hall–Kier alpha value is -2.22. The standard InChI is InChI=1S/C13H17FN2O5/c1-8(7-17)3-2-4-15-11-5-9(13(18)19)12(16(20)21)6-10(11)14/h5-6,8,15,17H,2-4,7H2,1H3,(H,18,19). The second-order valence-electron chi connectivity index (χ2n) is 4.77. The summed E-state index contributed by atoms with van der Waals surface area (Å²) in [6, 6.07) is 1.52. The topological polar surface area (TPSA) is 113 Å². The molecule has 0 radical (unpaired) electrons. The molecule has 0 fully saturated rings. The van der Waals surface area contributed by atoms with E-state index in [2.05, 4.69) is 5.32 Å². The van der Waals surface area contributed by atoms with Gasteiger partial charge in [-0.05, 0) is 24.8 Å². The molecule has 21 heavy (non-hydrogen) atoms. The lowest BCUT2D eigenvalue weighted by atomic mass is 10.1. The Morgan fingerprint density at radius 3 is 2.71 bits per heavy atom. The molecular formula is C13H17FN2O5. The van der Waals surface area contributed by atoms with Crippen molar-refractivity contribution in [2.75, 3.05) is 18.5 Å². The molecule has 0 heterocycles. The van der Waals surface area contributed by atoms with Gasteiger partial charge in [0.15, 0.2) is 5.82 Å². The van der Waals surface area contributed by atoms with E-state index < -0.39 is 28.0 Å². The number of carbonyl (C=O) groups is 1. The summed E-state index contributed by atoms with van der Waals surface area (Å²) in [7, 11) is 0. The third-order valence-corrected chi connectivity index (χ3v) is 3.01. The summed E-state index contributed by atoms with van der Waals surface area (Å²) in [5.74, 6) is -2.23. The first-order chi connectivity index (χ1) is 9.86. The molecule has 0 saturated heterocycles. The number of anilines is 1. The summed E-state index contributed by atoms with van der Waals surface area (Å²) in [6.45, 7) is 2.31. The van der Waals surface area contributed by atoms with E-state index in [-0.39, 0.29) is 18.2 Å². The summed E-state index contributed by atoms with van der Waals surface area (Å²) in [5, 5.41) is 31.2. The summed E-state index contributed by atoms with van der Waals surface area (Å²) < 4.78 is 13.7. The molecule has 1 rings (SSSR count). The Labute approximate surface area is 120 Å². The molecule has 1 aromatic rings. The van der Waals surface area contributed by atoms with Crippen LogP contribution in [0.15, 0.2) is 12.1 Å². The van der Waals surface area contributed by atoms with Crippen LogP contribution in [-0.2, 0) is 0 Å². The number of carboxylic acids is 1. The van der Waals surface area contributed by atoms with Gasteiger partial charge in [0.1, 0.15) is 5.56 Å². The number of rotatable bonds is 8. The maximum atomic E-state index is 13.7. The number of nitro groups is 1. The smallest absolute Gasteiger partial charge is 0.342 e. The second-order valence-corrected chi connectivity index (χ2v) is 4.77. The number of nitrogens with zero attached hydrogens (tertiary/aromatic N) is 1. The zero-order chi connectivity index (χ0) is 16.0. The fraction of sp³-hybridized carbons (Fsp3) is 0.462. The Kier molecular flexibility index (Phi) is 6.04. The van der Waals surface area contributed by atoms with Crippen LogP contribution in [0, 0.1) is 21.8 Å². The Balaban J connectivity index is 2.81. The predicted molar refractivity (Wildman–Crippen MR) is 74.0 cm³/mol. The van der Waals surface area contributed by atoms with Crippen molar-refractivity contribution in [3.8, 4) is 0 Å². The zero-order valence-corrected chi connectivity index (χ0v) is 11.5. The second kappa shape index (κ2) is 7.53. The van der Waals surface area contributed by atoms with Crippen LogP contribution in [0.3, 0.4) is 0 Å². The third-order valence-electron chi connectivity index (χ3n) is 3.01. The molecule has 0 aliphatic heterocycles. The molecule has 1 unspecified atom stereocenters. The van der Waals surface area contributed by atoms with Gasteiger partial charge >= 0.3 is 5.97 Å². The number of hydrogen-bond donors (Lipinski definition) is 3. The van der Waals surface area contributed by atoms with Crippen LogP contribution in [0.5, 0.6) is 0 Å². The number of aliphatic hydroxyl groups excluding tert-OH is 1. The normalized spacial score (nSPS) is 12.0. The van der Waals surface area contributed by atoms with E-state index in [9.17, 15) is 19.3 Å². The van der Waals surface area contributed by atoms with Crippen LogP contribution in [0.4, 0.5) is 15.8 Å². The fourth-order valence-electron chi connectivity index (χ4n) is 1.79. The van der Waals surface area contributed by atoms with Gasteiger partial charge in [-0.15, -0.1) is 0 Å². The third kappa shape index (κ3) is 4.67. The van der Waals surface area contributed by atoms with Crippen molar-refractivity contribution in [1.82, 2.24) is 0 Å². The van der Waals surface area contributed by atoms with Gasteiger partial charge in [0.25, 0.3) is 5.69 Å². The van der Waals surface area contributed by atoms with Crippen molar-refractivity contribution in [3.63, 3.8) is 0 Å². The molecule has 0 amide bonds. The van der Waals surface area contributed by atoms with Gasteiger partial charge in [0, 0.05) is 13.2 Å². The predicted octanol–water partition coefficient (Wildman–Crippen LogP) is 2.25. The largest absolute Gasteiger partial charge is 0.477 e. The van der Waals surface area contributed by atoms with Gasteiger partial charge in [0.2, 0.25) is 0 Å². The summed E-state index contributed by atoms with van der Waals surface area (Å²) in [6.07, 6.45) is 1.38. The Morgan fingerprint density at radius 1 is 1.52 bits per heavy atom. The van der Waals surface area contributed by atoms with Crippen LogP contribution in [0.1, 0.15) is 30.1 Å². The van der Waals surface area contributed by atoms with Crippen molar-refractivity contribution >= 4 is 17.3 Å². The number of halogens is 1. The first-order valence-corrected chi connectivity index (χ1v) is 6.42. The number of benzene rings is 1. The van der Waals surface area contributed by atoms with E-state index in [0.717, 1.165) is 12.5 Å². The van der Waals surface area contributed by atoms with Crippen molar-refractivity contribution in [1.29, 1.82) is 0 Å². The maximum Gasteiger partial charge on any atom is 0.342 e. The molecule has 0 bridgehead atoms. The summed E-state index contributed by atoms with van der Waals surface area (Å²) in [5.41, 5.74) is -1.43. The molecule has 1 atom stereocenters. The lowest BCUT2D eigenvalue weighted by molar-refractivity contribution is -0.385. The zero-order valence-electron chi connectivity index (χ0n) is 11.5. The number of aliphatic hydroxyl groups is 1. The van der Waals surface area contributed by atoms with Crippen molar-refractivity contribution in [3.05, 3.63) is 33.6 Å². The summed E-state index contributed by atoms with van der Waals surface area (Å²) in [4.78, 5) is 20.7. The van der Waals surface area contributed by atoms with Crippen molar-refractivity contribution < 1.29 is 24.3 Å². The van der Waals surface area contributed by atoms with E-state index in [4.69, 9.17) is 10.2 Å². The van der Waals surface area contributed by atoms with Gasteiger partial charge in [-0.2, -0.15) is 0 Å². The van der Waals surface area contributed by atoms with Gasteiger partial charge in [-0.3, -0.25) is 10.1 Å². The van der Waals surface area contributed by atoms with E-state index in [1.807, 2.05) is 6.92 Å². The molecule has 116 valence electrons. The van der Waals surface area contributed by atoms with E-state index >= 15 is 0 Å². The number of nitro benzene ring substituents is 1. The summed E-state index contributed by atoms with van der Waals surface area (Å²) >= 11 is 0. The highest BCUT2D eigenvalue weighted by atomic mass is 19.1. The monoisotopic (exact) mass is 300 g/mol. The van der Waals surface area contributed by atoms with E-state index in [1.54, 1.807) is 0 Å². The molecule has 0 saturated carbocycles. The van der Waals surface area contributed by atoms with Gasteiger partial charge < -0.3 is 15.5 Å².